The minimum atomic E-state index is -2.30. The summed E-state index contributed by atoms with van der Waals surface area (Å²) in [5.41, 5.74) is 5.15. The number of ether oxygens (including phenoxy) is 1. The molecule has 5 atom stereocenters. The molecule has 0 heterocycles. The zero-order valence-corrected chi connectivity index (χ0v) is 10.7. The summed E-state index contributed by atoms with van der Waals surface area (Å²) < 4.78 is 4.32. The van der Waals surface area contributed by atoms with Gasteiger partial charge in [-0.2, -0.15) is 0 Å². The fraction of sp³-hybridized carbons (Fsp3) is 0.700. The molecule has 8 N–H and O–H groups in total. The van der Waals surface area contributed by atoms with Gasteiger partial charge in [-0.1, -0.05) is 0 Å². The molecule has 0 bridgehead atoms. The highest BCUT2D eigenvalue weighted by Crippen LogP contribution is 2.10. The van der Waals surface area contributed by atoms with Crippen molar-refractivity contribution in [2.45, 2.75) is 36.9 Å². The van der Waals surface area contributed by atoms with E-state index in [0.717, 1.165) is 0 Å². The molecule has 0 unspecified atom stereocenters. The zero-order valence-electron chi connectivity index (χ0n) is 10.7. The lowest BCUT2D eigenvalue weighted by Crippen LogP contribution is -2.51. The van der Waals surface area contributed by atoms with Gasteiger partial charge in [0.15, 0.2) is 0 Å². The van der Waals surface area contributed by atoms with Gasteiger partial charge in [-0.25, -0.2) is 4.79 Å². The van der Waals surface area contributed by atoms with Gasteiger partial charge < -0.3 is 41.1 Å². The van der Waals surface area contributed by atoms with Gasteiger partial charge in [0.05, 0.1) is 13.0 Å². The van der Waals surface area contributed by atoms with Crippen molar-refractivity contribution in [3.05, 3.63) is 0 Å². The fourth-order valence-electron chi connectivity index (χ4n) is 1.26. The van der Waals surface area contributed by atoms with Gasteiger partial charge in [-0.3, -0.25) is 9.59 Å². The van der Waals surface area contributed by atoms with Gasteiger partial charge in [0.25, 0.3) is 0 Å². The molecule has 11 nitrogen and oxygen atoms in total. The number of hydrogen-bond donors (Lipinski definition) is 7. The first-order valence-corrected chi connectivity index (χ1v) is 5.67. The van der Waals surface area contributed by atoms with Crippen LogP contribution in [-0.2, 0) is 19.1 Å². The summed E-state index contributed by atoms with van der Waals surface area (Å²) in [6, 6.07) is -1.67. The number of carboxylic acids is 2. The lowest BCUT2D eigenvalue weighted by atomic mass is 10.0. The number of aliphatic hydroxyl groups is 4. The maximum Gasteiger partial charge on any atom is 0.347 e. The first kappa shape index (κ1) is 19.2. The number of esters is 1. The van der Waals surface area contributed by atoms with Crippen molar-refractivity contribution in [2.75, 3.05) is 6.61 Å². The van der Waals surface area contributed by atoms with E-state index >= 15 is 0 Å². The van der Waals surface area contributed by atoms with Crippen LogP contribution in [0.25, 0.3) is 0 Å². The average molecular weight is 311 g/mol. The minimum Gasteiger partial charge on any atom is -0.481 e. The van der Waals surface area contributed by atoms with Crippen molar-refractivity contribution in [3.8, 4) is 0 Å². The van der Waals surface area contributed by atoms with E-state index < -0.39 is 61.4 Å². The van der Waals surface area contributed by atoms with Gasteiger partial charge in [0.2, 0.25) is 6.10 Å². The van der Waals surface area contributed by atoms with Crippen molar-refractivity contribution < 1.29 is 49.8 Å². The van der Waals surface area contributed by atoms with E-state index in [1.165, 1.54) is 0 Å². The molecule has 0 aromatic carbocycles. The molecule has 0 fully saturated rings. The van der Waals surface area contributed by atoms with Crippen LogP contribution in [0.3, 0.4) is 0 Å². The monoisotopic (exact) mass is 311 g/mol. The van der Waals surface area contributed by atoms with Gasteiger partial charge in [0.1, 0.15) is 24.4 Å². The molecule has 21 heavy (non-hydrogen) atoms. The normalized spacial score (nSPS) is 18.1. The Morgan fingerprint density at radius 1 is 1.05 bits per heavy atom. The highest BCUT2D eigenvalue weighted by atomic mass is 16.6. The van der Waals surface area contributed by atoms with Crippen molar-refractivity contribution in [3.63, 3.8) is 0 Å². The van der Waals surface area contributed by atoms with Crippen LogP contribution in [0.1, 0.15) is 6.42 Å². The number of nitrogens with two attached hydrogens (primary N) is 1. The number of carbonyl (C=O) groups excluding carboxylic acids is 1. The molecule has 0 aromatic heterocycles. The van der Waals surface area contributed by atoms with Gasteiger partial charge in [-0.15, -0.1) is 0 Å². The van der Waals surface area contributed by atoms with Crippen LogP contribution >= 0.6 is 0 Å². The largest absolute Gasteiger partial charge is 0.481 e. The third-order valence-electron chi connectivity index (χ3n) is 2.43. The second kappa shape index (κ2) is 8.49. The minimum absolute atomic E-state index is 0.830. The lowest BCUT2D eigenvalue weighted by molar-refractivity contribution is -0.183. The molecule has 122 valence electrons. The zero-order chi connectivity index (χ0) is 16.7. The summed E-state index contributed by atoms with van der Waals surface area (Å²) in [5.74, 6) is -4.71. The highest BCUT2D eigenvalue weighted by Gasteiger charge is 2.39. The van der Waals surface area contributed by atoms with Crippen molar-refractivity contribution in [2.24, 2.45) is 5.73 Å². The topological polar surface area (TPSA) is 208 Å². The summed E-state index contributed by atoms with van der Waals surface area (Å²) in [4.78, 5) is 32.6. The number of carboxylic acid groups (broad SMARTS) is 2. The van der Waals surface area contributed by atoms with Crippen LogP contribution in [0.2, 0.25) is 0 Å². The molecule has 0 saturated heterocycles. The van der Waals surface area contributed by atoms with E-state index in [0.29, 0.717) is 0 Å². The molecule has 11 heteroatoms. The Labute approximate surface area is 118 Å². The Morgan fingerprint density at radius 3 is 1.95 bits per heavy atom. The Kier molecular flexibility index (Phi) is 7.76. The third kappa shape index (κ3) is 6.01. The third-order valence-corrected chi connectivity index (χ3v) is 2.43. The molecular weight excluding hydrogens is 294 g/mol. The second-order valence-electron chi connectivity index (χ2n) is 4.13. The maximum atomic E-state index is 11.4. The summed E-state index contributed by atoms with van der Waals surface area (Å²) in [7, 11) is 0. The Balaban J connectivity index is 4.88. The molecule has 0 radical (unpaired) electrons. The SMILES string of the molecule is N[C@@H](CC(=O)O)C(=O)O[C@@H](C(=O)O)[C@@H](O)[C@H](O)[C@H](O)CO. The molecule has 0 saturated carbocycles. The molecule has 0 amide bonds. The van der Waals surface area contributed by atoms with Crippen LogP contribution in [0, 0.1) is 0 Å². The molecule has 0 aliphatic rings. The Hall–Kier alpha value is -1.79. The van der Waals surface area contributed by atoms with Crippen LogP contribution in [0.4, 0.5) is 0 Å². The molecule has 0 spiro atoms. The fourth-order valence-corrected chi connectivity index (χ4v) is 1.26. The predicted octanol–water partition coefficient (Wildman–Crippen LogP) is -4.14. The Morgan fingerprint density at radius 2 is 1.57 bits per heavy atom. The molecule has 0 aliphatic carbocycles. The number of rotatable bonds is 9. The van der Waals surface area contributed by atoms with Crippen molar-refractivity contribution in [1.29, 1.82) is 0 Å². The van der Waals surface area contributed by atoms with Crippen LogP contribution in [0.5, 0.6) is 0 Å². The summed E-state index contributed by atoms with van der Waals surface area (Å²) in [6.45, 7) is -0.975. The van der Waals surface area contributed by atoms with Gasteiger partial charge in [-0.05, 0) is 0 Å². The summed E-state index contributed by atoms with van der Waals surface area (Å²) in [5, 5.41) is 53.8. The Bertz CT molecular complexity index is 386. The molecule has 0 rings (SSSR count). The van der Waals surface area contributed by atoms with E-state index in [4.69, 9.17) is 26.2 Å². The standard InChI is InChI=1S/C10H17NO10/c11-3(1-5(14)15)10(20)21-8(9(18)19)7(17)6(16)4(13)2-12/h3-4,6-8,12-13,16-17H,1-2,11H2,(H,14,15)(H,18,19)/t3-,4+,6+,7-,8+/m0/s1. The van der Waals surface area contributed by atoms with E-state index in [2.05, 4.69) is 4.74 Å². The summed E-state index contributed by atoms with van der Waals surface area (Å²) >= 11 is 0. The number of carbonyl (C=O) groups is 3. The van der Waals surface area contributed by atoms with Crippen LogP contribution in [-0.4, -0.2) is 85.6 Å². The van der Waals surface area contributed by atoms with E-state index in [1.807, 2.05) is 0 Å². The molecular formula is C10H17NO10. The van der Waals surface area contributed by atoms with Crippen LogP contribution in [0.15, 0.2) is 0 Å². The number of aliphatic hydroxyl groups excluding tert-OH is 4. The second-order valence-corrected chi connectivity index (χ2v) is 4.13. The molecule has 0 aliphatic heterocycles. The highest BCUT2D eigenvalue weighted by molar-refractivity contribution is 5.84. The average Bonchev–Trinajstić information content (AvgIpc) is 2.40. The van der Waals surface area contributed by atoms with E-state index in [-0.39, 0.29) is 0 Å². The van der Waals surface area contributed by atoms with E-state index in [9.17, 15) is 24.6 Å². The van der Waals surface area contributed by atoms with Crippen LogP contribution < -0.4 is 5.73 Å². The maximum absolute atomic E-state index is 11.4. The lowest BCUT2D eigenvalue weighted by Gasteiger charge is -2.26. The molecule has 0 aromatic rings. The van der Waals surface area contributed by atoms with Gasteiger partial charge in [0, 0.05) is 0 Å². The number of hydrogen-bond acceptors (Lipinski definition) is 9. The number of aliphatic carboxylic acids is 2. The quantitative estimate of drug-likeness (QED) is 0.203. The van der Waals surface area contributed by atoms with Gasteiger partial charge >= 0.3 is 17.9 Å². The van der Waals surface area contributed by atoms with Crippen molar-refractivity contribution >= 4 is 17.9 Å². The first-order chi connectivity index (χ1) is 9.61. The summed E-state index contributed by atoms with van der Waals surface area (Å²) in [6.07, 6.45) is -9.37. The first-order valence-electron chi connectivity index (χ1n) is 5.67. The predicted molar refractivity (Wildman–Crippen MR) is 62.9 cm³/mol. The van der Waals surface area contributed by atoms with Crippen molar-refractivity contribution in [1.82, 2.24) is 0 Å². The smallest absolute Gasteiger partial charge is 0.347 e. The van der Waals surface area contributed by atoms with E-state index in [1.54, 1.807) is 0 Å².